The van der Waals surface area contributed by atoms with Crippen LogP contribution in [0, 0.1) is 6.92 Å². The summed E-state index contributed by atoms with van der Waals surface area (Å²) in [6.07, 6.45) is 7.54. The molecule has 2 aliphatic rings. The van der Waals surface area contributed by atoms with Gasteiger partial charge >= 0.3 is 0 Å². The van der Waals surface area contributed by atoms with Crippen molar-refractivity contribution in [2.45, 2.75) is 56.9 Å². The largest absolute Gasteiger partial charge is 0.508 e. The molecule has 0 unspecified atom stereocenters. The van der Waals surface area contributed by atoms with Crippen LogP contribution in [-0.2, 0) is 11.8 Å². The summed E-state index contributed by atoms with van der Waals surface area (Å²) < 4.78 is 0. The second-order valence-corrected chi connectivity index (χ2v) is 8.10. The molecule has 0 spiro atoms. The molecule has 1 aliphatic carbocycles. The quantitative estimate of drug-likeness (QED) is 0.793. The predicted octanol–water partition coefficient (Wildman–Crippen LogP) is 5.25. The zero-order chi connectivity index (χ0) is 17.3. The van der Waals surface area contributed by atoms with Crippen LogP contribution in [0.4, 0.5) is 0 Å². The second kappa shape index (κ2) is 8.02. The molecule has 2 aromatic rings. The lowest BCUT2D eigenvalue weighted by molar-refractivity contribution is 0.0524. The third-order valence-corrected chi connectivity index (χ3v) is 6.48. The number of likely N-dealkylation sites (tertiary alicyclic amines) is 1. The Balaban J connectivity index is 0.00000196. The van der Waals surface area contributed by atoms with Gasteiger partial charge in [0.2, 0.25) is 0 Å². The summed E-state index contributed by atoms with van der Waals surface area (Å²) in [4.78, 5) is 2.72. The zero-order valence-electron chi connectivity index (χ0n) is 15.7. The van der Waals surface area contributed by atoms with Gasteiger partial charge < -0.3 is 5.11 Å². The highest BCUT2D eigenvalue weighted by Gasteiger charge is 2.43. The Kier molecular flexibility index (Phi) is 5.94. The van der Waals surface area contributed by atoms with Crippen molar-refractivity contribution in [2.24, 2.45) is 0 Å². The maximum atomic E-state index is 9.91. The van der Waals surface area contributed by atoms with E-state index in [-0.39, 0.29) is 12.4 Å². The van der Waals surface area contributed by atoms with Gasteiger partial charge in [0.05, 0.1) is 0 Å². The number of aromatic hydroxyl groups is 1. The van der Waals surface area contributed by atoms with Crippen LogP contribution in [0.1, 0.15) is 48.8 Å². The summed E-state index contributed by atoms with van der Waals surface area (Å²) in [6.45, 7) is 4.51. The van der Waals surface area contributed by atoms with E-state index in [1.54, 1.807) is 6.07 Å². The van der Waals surface area contributed by atoms with Crippen LogP contribution < -0.4 is 0 Å². The van der Waals surface area contributed by atoms with E-state index in [0.717, 1.165) is 6.42 Å². The number of phenols is 1. The number of nitrogens with zero attached hydrogens (tertiary/aromatic N) is 1. The van der Waals surface area contributed by atoms with Gasteiger partial charge in [-0.2, -0.15) is 0 Å². The topological polar surface area (TPSA) is 23.5 Å². The molecule has 26 heavy (non-hydrogen) atoms. The van der Waals surface area contributed by atoms with Gasteiger partial charge in [-0.15, -0.1) is 12.4 Å². The molecule has 0 amide bonds. The van der Waals surface area contributed by atoms with Crippen molar-refractivity contribution in [1.82, 2.24) is 4.90 Å². The van der Waals surface area contributed by atoms with Gasteiger partial charge in [-0.25, -0.2) is 0 Å². The molecule has 1 heterocycles. The van der Waals surface area contributed by atoms with Crippen LogP contribution >= 0.6 is 12.4 Å². The first-order valence-corrected chi connectivity index (χ1v) is 9.74. The summed E-state index contributed by atoms with van der Waals surface area (Å²) in [7, 11) is 0. The number of piperidine rings is 1. The molecule has 2 fully saturated rings. The lowest BCUT2D eigenvalue weighted by atomic mass is 9.63. The van der Waals surface area contributed by atoms with Crippen molar-refractivity contribution >= 4 is 12.4 Å². The number of phenolic OH excluding ortho intramolecular Hbond substituents is 1. The Morgan fingerprint density at radius 3 is 2.69 bits per heavy atom. The molecule has 3 heteroatoms. The highest BCUT2D eigenvalue weighted by Crippen LogP contribution is 2.47. The highest BCUT2D eigenvalue weighted by atomic mass is 35.5. The van der Waals surface area contributed by atoms with E-state index in [2.05, 4.69) is 42.2 Å². The highest BCUT2D eigenvalue weighted by molar-refractivity contribution is 5.85. The fraction of sp³-hybridized carbons (Fsp3) is 0.478. The molecule has 0 aromatic heterocycles. The standard InChI is InChI=1S/C23H29NO.ClH/c1-18-7-9-19(10-8-18)11-14-24-15-13-23(12-3-5-21(24)17-23)20-4-2-6-22(25)16-20;/h2,4,6-10,16,21,25H,3,5,11-15,17H2,1H3;1H/t21-,23+;/m0./s1. The Hall–Kier alpha value is -1.51. The SMILES string of the molecule is Cc1ccc(CCN2CC[C@]3(c4cccc(O)c4)CCC[C@H]2C3)cc1.Cl. The van der Waals surface area contributed by atoms with Crippen LogP contribution in [0.3, 0.4) is 0 Å². The molecule has 2 nitrogen and oxygen atoms in total. The molecular formula is C23H30ClNO. The minimum Gasteiger partial charge on any atom is -0.508 e. The smallest absolute Gasteiger partial charge is 0.115 e. The summed E-state index contributed by atoms with van der Waals surface area (Å²) in [5.74, 6) is 0.413. The number of hydrogen-bond donors (Lipinski definition) is 1. The summed E-state index contributed by atoms with van der Waals surface area (Å²) in [5.41, 5.74) is 4.44. The van der Waals surface area contributed by atoms with Gasteiger partial charge in [0.1, 0.15) is 5.75 Å². The number of benzene rings is 2. The average molecular weight is 372 g/mol. The molecule has 2 atom stereocenters. The first-order valence-electron chi connectivity index (χ1n) is 9.74. The number of halogens is 1. The van der Waals surface area contributed by atoms with Gasteiger partial charge in [-0.05, 0) is 74.2 Å². The number of aryl methyl sites for hydroxylation is 1. The number of fused-ring (bicyclic) bond motifs is 2. The Morgan fingerprint density at radius 2 is 1.92 bits per heavy atom. The predicted molar refractivity (Wildman–Crippen MR) is 110 cm³/mol. The first kappa shape index (κ1) is 19.3. The fourth-order valence-electron chi connectivity index (χ4n) is 4.97. The Morgan fingerprint density at radius 1 is 1.12 bits per heavy atom. The van der Waals surface area contributed by atoms with Crippen LogP contribution in [0.5, 0.6) is 5.75 Å². The lowest BCUT2D eigenvalue weighted by Crippen LogP contribution is -2.52. The van der Waals surface area contributed by atoms with E-state index in [0.29, 0.717) is 17.2 Å². The van der Waals surface area contributed by atoms with Gasteiger partial charge in [-0.3, -0.25) is 4.90 Å². The van der Waals surface area contributed by atoms with Gasteiger partial charge in [0.15, 0.2) is 0 Å². The van der Waals surface area contributed by atoms with E-state index < -0.39 is 0 Å². The molecule has 1 saturated heterocycles. The molecule has 1 aliphatic heterocycles. The molecule has 1 saturated carbocycles. The number of hydrogen-bond acceptors (Lipinski definition) is 2. The lowest BCUT2D eigenvalue weighted by Gasteiger charge is -2.51. The average Bonchev–Trinajstić information content (AvgIpc) is 2.63. The molecule has 4 rings (SSSR count). The minimum absolute atomic E-state index is 0. The van der Waals surface area contributed by atoms with Gasteiger partial charge in [-0.1, -0.05) is 48.4 Å². The maximum Gasteiger partial charge on any atom is 0.115 e. The summed E-state index contributed by atoms with van der Waals surface area (Å²) >= 11 is 0. The van der Waals surface area contributed by atoms with E-state index in [1.807, 2.05) is 12.1 Å². The third-order valence-electron chi connectivity index (χ3n) is 6.48. The molecule has 2 aromatic carbocycles. The monoisotopic (exact) mass is 371 g/mol. The van der Waals surface area contributed by atoms with Crippen LogP contribution in [0.15, 0.2) is 48.5 Å². The Bertz CT molecular complexity index is 729. The fourth-order valence-corrected chi connectivity index (χ4v) is 4.97. The van der Waals surface area contributed by atoms with Crippen molar-refractivity contribution in [2.75, 3.05) is 13.1 Å². The van der Waals surface area contributed by atoms with Crippen molar-refractivity contribution in [3.63, 3.8) is 0 Å². The van der Waals surface area contributed by atoms with E-state index in [4.69, 9.17) is 0 Å². The third kappa shape index (κ3) is 3.92. The van der Waals surface area contributed by atoms with Gasteiger partial charge in [0, 0.05) is 12.6 Å². The zero-order valence-corrected chi connectivity index (χ0v) is 16.5. The maximum absolute atomic E-state index is 9.91. The molecule has 0 radical (unpaired) electrons. The summed E-state index contributed by atoms with van der Waals surface area (Å²) in [5, 5.41) is 9.91. The Labute approximate surface area is 163 Å². The van der Waals surface area contributed by atoms with Crippen molar-refractivity contribution in [1.29, 1.82) is 0 Å². The van der Waals surface area contributed by atoms with Gasteiger partial charge in [0.25, 0.3) is 0 Å². The van der Waals surface area contributed by atoms with E-state index in [9.17, 15) is 5.11 Å². The molecule has 1 N–H and O–H groups in total. The minimum atomic E-state index is 0. The summed E-state index contributed by atoms with van der Waals surface area (Å²) in [6, 6.07) is 17.7. The normalized spacial score (nSPS) is 25.5. The second-order valence-electron chi connectivity index (χ2n) is 8.10. The molecule has 140 valence electrons. The van der Waals surface area contributed by atoms with E-state index >= 15 is 0 Å². The molecular weight excluding hydrogens is 342 g/mol. The molecule has 2 bridgehead atoms. The van der Waals surface area contributed by atoms with Crippen LogP contribution in [0.2, 0.25) is 0 Å². The van der Waals surface area contributed by atoms with Crippen LogP contribution in [-0.4, -0.2) is 29.1 Å². The number of rotatable bonds is 4. The van der Waals surface area contributed by atoms with E-state index in [1.165, 1.54) is 61.9 Å². The first-order chi connectivity index (χ1) is 12.1. The van der Waals surface area contributed by atoms with Crippen LogP contribution in [0.25, 0.3) is 0 Å². The van der Waals surface area contributed by atoms with Crippen molar-refractivity contribution < 1.29 is 5.11 Å². The van der Waals surface area contributed by atoms with Crippen molar-refractivity contribution in [3.8, 4) is 5.75 Å². The van der Waals surface area contributed by atoms with Crippen molar-refractivity contribution in [3.05, 3.63) is 65.2 Å².